The Morgan fingerprint density at radius 2 is 1.66 bits per heavy atom. The minimum Gasteiger partial charge on any atom is -0.375 e. The molecular formula is C21H25ClN4O3. The Morgan fingerprint density at radius 3 is 2.34 bits per heavy atom. The van der Waals surface area contributed by atoms with Gasteiger partial charge in [0.25, 0.3) is 5.91 Å². The van der Waals surface area contributed by atoms with Crippen molar-refractivity contribution in [2.75, 3.05) is 36.6 Å². The van der Waals surface area contributed by atoms with E-state index in [0.717, 1.165) is 6.42 Å². The van der Waals surface area contributed by atoms with Crippen LogP contribution in [0.15, 0.2) is 42.5 Å². The van der Waals surface area contributed by atoms with E-state index in [9.17, 15) is 14.4 Å². The Morgan fingerprint density at radius 1 is 0.966 bits per heavy atom. The van der Waals surface area contributed by atoms with Gasteiger partial charge in [0.2, 0.25) is 11.8 Å². The number of rotatable bonds is 8. The van der Waals surface area contributed by atoms with Crippen LogP contribution in [0.1, 0.15) is 30.1 Å². The van der Waals surface area contributed by atoms with Crippen LogP contribution in [0.3, 0.4) is 0 Å². The number of benzene rings is 2. The van der Waals surface area contributed by atoms with Crippen LogP contribution in [0.2, 0.25) is 5.02 Å². The quantitative estimate of drug-likeness (QED) is 0.610. The Bertz CT molecular complexity index is 899. The molecular weight excluding hydrogens is 392 g/mol. The van der Waals surface area contributed by atoms with Crippen molar-refractivity contribution in [1.82, 2.24) is 4.90 Å². The van der Waals surface area contributed by atoms with E-state index in [0.29, 0.717) is 34.1 Å². The zero-order valence-corrected chi connectivity index (χ0v) is 17.5. The molecule has 154 valence electrons. The molecule has 7 nitrogen and oxygen atoms in total. The summed E-state index contributed by atoms with van der Waals surface area (Å²) in [4.78, 5) is 37.5. The molecule has 0 aliphatic carbocycles. The highest BCUT2D eigenvalue weighted by molar-refractivity contribution is 6.33. The van der Waals surface area contributed by atoms with Gasteiger partial charge in [-0.2, -0.15) is 0 Å². The fourth-order valence-electron chi connectivity index (χ4n) is 2.56. The fraction of sp³-hybridized carbons (Fsp3) is 0.286. The Balaban J connectivity index is 1.98. The third-order valence-corrected chi connectivity index (χ3v) is 4.30. The monoisotopic (exact) mass is 416 g/mol. The average Bonchev–Trinajstić information content (AvgIpc) is 2.68. The number of halogens is 1. The molecule has 0 bridgehead atoms. The summed E-state index contributed by atoms with van der Waals surface area (Å²) >= 11 is 6.17. The summed E-state index contributed by atoms with van der Waals surface area (Å²) in [6.45, 7) is 1.90. The van der Waals surface area contributed by atoms with E-state index in [4.69, 9.17) is 11.6 Å². The lowest BCUT2D eigenvalue weighted by Gasteiger charge is -2.13. The van der Waals surface area contributed by atoms with Gasteiger partial charge in [0.15, 0.2) is 0 Å². The van der Waals surface area contributed by atoms with E-state index in [2.05, 4.69) is 16.0 Å². The predicted molar refractivity (Wildman–Crippen MR) is 117 cm³/mol. The summed E-state index contributed by atoms with van der Waals surface area (Å²) in [5.74, 6) is -0.519. The highest BCUT2D eigenvalue weighted by Gasteiger charge is 2.10. The van der Waals surface area contributed by atoms with E-state index in [1.54, 1.807) is 56.6 Å². The second-order valence-electron chi connectivity index (χ2n) is 6.67. The lowest BCUT2D eigenvalue weighted by atomic mass is 10.2. The van der Waals surface area contributed by atoms with E-state index in [-0.39, 0.29) is 24.3 Å². The maximum absolute atomic E-state index is 12.3. The molecule has 0 aliphatic rings. The zero-order valence-electron chi connectivity index (χ0n) is 16.7. The number of carbonyl (C=O) groups is 3. The molecule has 0 aliphatic heterocycles. The van der Waals surface area contributed by atoms with Crippen molar-refractivity contribution in [3.05, 3.63) is 53.1 Å². The van der Waals surface area contributed by atoms with Crippen LogP contribution in [0.25, 0.3) is 0 Å². The third kappa shape index (κ3) is 6.80. The van der Waals surface area contributed by atoms with Crippen molar-refractivity contribution in [3.63, 3.8) is 0 Å². The maximum atomic E-state index is 12.3. The molecule has 0 heterocycles. The van der Waals surface area contributed by atoms with Crippen molar-refractivity contribution >= 4 is 46.4 Å². The number of anilines is 3. The average molecular weight is 417 g/mol. The molecule has 0 spiro atoms. The van der Waals surface area contributed by atoms with E-state index in [1.807, 2.05) is 6.92 Å². The van der Waals surface area contributed by atoms with Gasteiger partial charge in [0.05, 0.1) is 17.3 Å². The number of amides is 3. The Labute approximate surface area is 175 Å². The van der Waals surface area contributed by atoms with Gasteiger partial charge in [-0.05, 0) is 42.8 Å². The first-order valence-electron chi connectivity index (χ1n) is 9.25. The van der Waals surface area contributed by atoms with Gasteiger partial charge in [0, 0.05) is 37.5 Å². The van der Waals surface area contributed by atoms with Crippen molar-refractivity contribution in [2.45, 2.75) is 19.8 Å². The number of hydrogen-bond acceptors (Lipinski definition) is 4. The molecule has 8 heteroatoms. The number of nitrogens with zero attached hydrogens (tertiary/aromatic N) is 1. The summed E-state index contributed by atoms with van der Waals surface area (Å²) in [5.41, 5.74) is 2.15. The fourth-order valence-corrected chi connectivity index (χ4v) is 2.74. The summed E-state index contributed by atoms with van der Waals surface area (Å²) in [6, 6.07) is 11.8. The molecule has 2 rings (SSSR count). The largest absolute Gasteiger partial charge is 0.375 e. The van der Waals surface area contributed by atoms with Gasteiger partial charge < -0.3 is 20.9 Å². The predicted octanol–water partition coefficient (Wildman–Crippen LogP) is 3.83. The summed E-state index contributed by atoms with van der Waals surface area (Å²) < 4.78 is 0. The molecule has 0 atom stereocenters. The van der Waals surface area contributed by atoms with E-state index >= 15 is 0 Å². The standard InChI is InChI=1S/C21H25ClN4O3/c1-4-6-19(27)24-16-9-10-17(22)18(12-16)23-13-20(28)25-15-8-5-7-14(11-15)21(29)26(2)3/h5,7-12,23H,4,6,13H2,1-3H3,(H,24,27)(H,25,28). The number of nitrogens with one attached hydrogen (secondary N) is 3. The molecule has 0 aromatic heterocycles. The minimum atomic E-state index is -0.295. The summed E-state index contributed by atoms with van der Waals surface area (Å²) in [6.07, 6.45) is 1.19. The Hall–Kier alpha value is -3.06. The first-order valence-corrected chi connectivity index (χ1v) is 9.62. The zero-order chi connectivity index (χ0) is 21.4. The molecule has 29 heavy (non-hydrogen) atoms. The highest BCUT2D eigenvalue weighted by Crippen LogP contribution is 2.25. The molecule has 0 unspecified atom stereocenters. The van der Waals surface area contributed by atoms with Crippen molar-refractivity contribution in [3.8, 4) is 0 Å². The molecule has 2 aromatic rings. The minimum absolute atomic E-state index is 0.0298. The van der Waals surface area contributed by atoms with Crippen LogP contribution in [0, 0.1) is 0 Å². The normalized spacial score (nSPS) is 10.2. The van der Waals surface area contributed by atoms with Crippen LogP contribution in [0.5, 0.6) is 0 Å². The van der Waals surface area contributed by atoms with Gasteiger partial charge in [0.1, 0.15) is 0 Å². The van der Waals surface area contributed by atoms with Crippen molar-refractivity contribution in [1.29, 1.82) is 0 Å². The molecule has 2 aromatic carbocycles. The molecule has 0 fully saturated rings. The van der Waals surface area contributed by atoms with Crippen molar-refractivity contribution < 1.29 is 14.4 Å². The summed E-state index contributed by atoms with van der Waals surface area (Å²) in [7, 11) is 3.33. The molecule has 0 radical (unpaired) electrons. The Kier molecular flexibility index (Phi) is 8.03. The number of carbonyl (C=O) groups excluding carboxylic acids is 3. The van der Waals surface area contributed by atoms with Gasteiger partial charge in [-0.25, -0.2) is 0 Å². The smallest absolute Gasteiger partial charge is 0.253 e. The van der Waals surface area contributed by atoms with Gasteiger partial charge in [-0.15, -0.1) is 0 Å². The van der Waals surface area contributed by atoms with Gasteiger partial charge >= 0.3 is 0 Å². The molecule has 0 saturated heterocycles. The van der Waals surface area contributed by atoms with E-state index in [1.165, 1.54) is 4.90 Å². The van der Waals surface area contributed by atoms with Crippen LogP contribution < -0.4 is 16.0 Å². The lowest BCUT2D eigenvalue weighted by Crippen LogP contribution is -2.23. The number of hydrogen-bond donors (Lipinski definition) is 3. The van der Waals surface area contributed by atoms with E-state index < -0.39 is 0 Å². The van der Waals surface area contributed by atoms with Crippen LogP contribution in [0.4, 0.5) is 17.1 Å². The second-order valence-corrected chi connectivity index (χ2v) is 7.08. The molecule has 3 amide bonds. The third-order valence-electron chi connectivity index (χ3n) is 3.97. The SMILES string of the molecule is CCCC(=O)Nc1ccc(Cl)c(NCC(=O)Nc2cccc(C(=O)N(C)C)c2)c1. The van der Waals surface area contributed by atoms with Crippen LogP contribution in [-0.4, -0.2) is 43.3 Å². The van der Waals surface area contributed by atoms with Crippen LogP contribution in [-0.2, 0) is 9.59 Å². The van der Waals surface area contributed by atoms with Gasteiger partial charge in [-0.3, -0.25) is 14.4 Å². The lowest BCUT2D eigenvalue weighted by molar-refractivity contribution is -0.116. The maximum Gasteiger partial charge on any atom is 0.253 e. The highest BCUT2D eigenvalue weighted by atomic mass is 35.5. The van der Waals surface area contributed by atoms with Gasteiger partial charge in [-0.1, -0.05) is 24.6 Å². The van der Waals surface area contributed by atoms with Crippen molar-refractivity contribution in [2.24, 2.45) is 0 Å². The molecule has 0 saturated carbocycles. The molecule has 3 N–H and O–H groups in total. The summed E-state index contributed by atoms with van der Waals surface area (Å²) in [5, 5.41) is 8.93. The first kappa shape index (κ1) is 22.2. The second kappa shape index (κ2) is 10.5. The topological polar surface area (TPSA) is 90.5 Å². The first-order chi connectivity index (χ1) is 13.8. The van der Waals surface area contributed by atoms with Crippen LogP contribution >= 0.6 is 11.6 Å².